The minimum Gasteiger partial charge on any atom is -0.300 e. The van der Waals surface area contributed by atoms with Gasteiger partial charge in [0.05, 0.1) is 5.02 Å². The Morgan fingerprint density at radius 3 is 2.42 bits per heavy atom. The van der Waals surface area contributed by atoms with E-state index in [0.717, 1.165) is 0 Å². The van der Waals surface area contributed by atoms with Gasteiger partial charge in [-0.15, -0.1) is 0 Å². The SMILES string of the molecule is CC(=O)CCC1(CC(C)C)Cc2cc(OOC(C)=O)c(Cl)c(Cl)c2C1=O. The molecule has 0 fully saturated rings. The summed E-state index contributed by atoms with van der Waals surface area (Å²) in [6.45, 7) is 6.79. The molecule has 0 amide bonds. The summed E-state index contributed by atoms with van der Waals surface area (Å²) < 4.78 is 0. The smallest absolute Gasteiger partial charge is 0.300 e. The molecule has 1 aliphatic carbocycles. The predicted molar refractivity (Wildman–Crippen MR) is 98.7 cm³/mol. The quantitative estimate of drug-likeness (QED) is 0.476. The number of hydrogen-bond acceptors (Lipinski definition) is 5. The van der Waals surface area contributed by atoms with E-state index < -0.39 is 11.4 Å². The summed E-state index contributed by atoms with van der Waals surface area (Å²) in [6, 6.07) is 1.58. The highest BCUT2D eigenvalue weighted by Gasteiger charge is 2.47. The first-order chi connectivity index (χ1) is 12.1. The van der Waals surface area contributed by atoms with Gasteiger partial charge >= 0.3 is 5.97 Å². The Labute approximate surface area is 162 Å². The Balaban J connectivity index is 2.45. The van der Waals surface area contributed by atoms with E-state index >= 15 is 0 Å². The monoisotopic (exact) mass is 400 g/mol. The van der Waals surface area contributed by atoms with Crippen molar-refractivity contribution in [2.75, 3.05) is 0 Å². The van der Waals surface area contributed by atoms with Crippen molar-refractivity contribution in [3.05, 3.63) is 27.2 Å². The molecular weight excluding hydrogens is 379 g/mol. The van der Waals surface area contributed by atoms with Crippen molar-refractivity contribution in [2.45, 2.75) is 53.4 Å². The van der Waals surface area contributed by atoms with Gasteiger partial charge in [-0.2, -0.15) is 0 Å². The van der Waals surface area contributed by atoms with Crippen molar-refractivity contribution >= 4 is 40.7 Å². The highest BCUT2D eigenvalue weighted by atomic mass is 35.5. The van der Waals surface area contributed by atoms with Crippen LogP contribution in [-0.4, -0.2) is 17.5 Å². The Bertz CT molecular complexity index is 757. The minimum atomic E-state index is -0.685. The molecule has 0 radical (unpaired) electrons. The van der Waals surface area contributed by atoms with Crippen LogP contribution in [-0.2, 0) is 20.9 Å². The maximum atomic E-state index is 13.2. The van der Waals surface area contributed by atoms with Crippen molar-refractivity contribution in [3.63, 3.8) is 0 Å². The molecule has 5 nitrogen and oxygen atoms in total. The van der Waals surface area contributed by atoms with E-state index in [1.165, 1.54) is 13.8 Å². The second kappa shape index (κ2) is 7.97. The zero-order valence-corrected chi connectivity index (χ0v) is 16.8. The number of carbonyl (C=O) groups is 3. The molecule has 1 aliphatic rings. The fraction of sp³-hybridized carbons (Fsp3) is 0.526. The van der Waals surface area contributed by atoms with Gasteiger partial charge in [0.25, 0.3) is 0 Å². The van der Waals surface area contributed by atoms with E-state index in [-0.39, 0.29) is 33.3 Å². The predicted octanol–water partition coefficient (Wildman–Crippen LogP) is 4.99. The number of carbonyl (C=O) groups excluding carboxylic acids is 3. The first kappa shape index (κ1) is 20.7. The van der Waals surface area contributed by atoms with Gasteiger partial charge in [-0.3, -0.25) is 14.6 Å². The summed E-state index contributed by atoms with van der Waals surface area (Å²) in [4.78, 5) is 45.2. The van der Waals surface area contributed by atoms with E-state index in [1.807, 2.05) is 13.8 Å². The lowest BCUT2D eigenvalue weighted by atomic mass is 9.73. The van der Waals surface area contributed by atoms with Crippen LogP contribution >= 0.6 is 23.2 Å². The molecule has 0 bridgehead atoms. The number of hydrogen-bond donors (Lipinski definition) is 0. The second-order valence-electron chi connectivity index (χ2n) is 7.28. The molecule has 2 rings (SSSR count). The molecular formula is C19H22Cl2O5. The first-order valence-electron chi connectivity index (χ1n) is 8.47. The van der Waals surface area contributed by atoms with Crippen molar-refractivity contribution in [2.24, 2.45) is 11.3 Å². The third-order valence-electron chi connectivity index (χ3n) is 4.50. The lowest BCUT2D eigenvalue weighted by molar-refractivity contribution is -0.210. The molecule has 1 atom stereocenters. The molecule has 7 heteroatoms. The molecule has 0 aromatic heterocycles. The lowest BCUT2D eigenvalue weighted by Gasteiger charge is -2.29. The number of benzene rings is 1. The van der Waals surface area contributed by atoms with Crippen molar-refractivity contribution in [1.29, 1.82) is 0 Å². The molecule has 0 heterocycles. The molecule has 26 heavy (non-hydrogen) atoms. The second-order valence-corrected chi connectivity index (χ2v) is 8.04. The van der Waals surface area contributed by atoms with Gasteiger partial charge in [0.2, 0.25) is 0 Å². The van der Waals surface area contributed by atoms with Gasteiger partial charge in [0, 0.05) is 24.3 Å². The van der Waals surface area contributed by atoms with Crippen molar-refractivity contribution < 1.29 is 24.2 Å². The molecule has 0 saturated heterocycles. The van der Waals surface area contributed by atoms with Gasteiger partial charge < -0.3 is 4.79 Å². The summed E-state index contributed by atoms with van der Waals surface area (Å²) >= 11 is 12.5. The largest absolute Gasteiger partial charge is 0.352 e. The average Bonchev–Trinajstić information content (AvgIpc) is 2.79. The maximum Gasteiger partial charge on any atom is 0.352 e. The van der Waals surface area contributed by atoms with Crippen LogP contribution in [0.25, 0.3) is 0 Å². The number of ketones is 2. The highest BCUT2D eigenvalue weighted by molar-refractivity contribution is 6.45. The van der Waals surface area contributed by atoms with E-state index in [0.29, 0.717) is 36.8 Å². The van der Waals surface area contributed by atoms with Gasteiger partial charge in [0.1, 0.15) is 10.8 Å². The average molecular weight is 401 g/mol. The van der Waals surface area contributed by atoms with Crippen LogP contribution in [0.15, 0.2) is 6.07 Å². The minimum absolute atomic E-state index is 0.0203. The van der Waals surface area contributed by atoms with E-state index in [1.54, 1.807) is 6.07 Å². The van der Waals surface area contributed by atoms with Gasteiger partial charge in [-0.1, -0.05) is 37.0 Å². The van der Waals surface area contributed by atoms with E-state index in [4.69, 9.17) is 28.1 Å². The third-order valence-corrected chi connectivity index (χ3v) is 5.35. The number of fused-ring (bicyclic) bond motifs is 1. The highest BCUT2D eigenvalue weighted by Crippen LogP contribution is 2.50. The molecule has 0 spiro atoms. The van der Waals surface area contributed by atoms with Crippen LogP contribution in [0.3, 0.4) is 0 Å². The van der Waals surface area contributed by atoms with E-state index in [2.05, 4.69) is 4.89 Å². The molecule has 0 saturated carbocycles. The van der Waals surface area contributed by atoms with Crippen LogP contribution in [0.2, 0.25) is 10.0 Å². The topological polar surface area (TPSA) is 69.7 Å². The summed E-state index contributed by atoms with van der Waals surface area (Å²) in [5.41, 5.74) is 0.377. The van der Waals surface area contributed by atoms with Gasteiger partial charge in [-0.25, -0.2) is 4.79 Å². The van der Waals surface area contributed by atoms with E-state index in [9.17, 15) is 14.4 Å². The zero-order chi connectivity index (χ0) is 19.6. The van der Waals surface area contributed by atoms with Crippen LogP contribution in [0.4, 0.5) is 0 Å². The fourth-order valence-corrected chi connectivity index (χ4v) is 4.06. The molecule has 1 aromatic rings. The standard InChI is InChI=1S/C19H22Cl2O5/c1-10(2)8-19(6-5-11(3)22)9-13-7-14(26-25-12(4)23)16(20)17(21)15(13)18(19)24/h7,10H,5-6,8-9H2,1-4H3. The normalized spacial score (nSPS) is 18.8. The van der Waals surface area contributed by atoms with Crippen molar-refractivity contribution in [1.82, 2.24) is 0 Å². The van der Waals surface area contributed by atoms with Crippen LogP contribution in [0.1, 0.15) is 62.9 Å². The Hall–Kier alpha value is -1.59. The Morgan fingerprint density at radius 2 is 1.88 bits per heavy atom. The number of Topliss-reactive ketones (excluding diaryl/α,β-unsaturated/α-hetero) is 2. The summed E-state index contributed by atoms with van der Waals surface area (Å²) in [7, 11) is 0. The van der Waals surface area contributed by atoms with Crippen LogP contribution in [0.5, 0.6) is 5.75 Å². The summed E-state index contributed by atoms with van der Waals surface area (Å²) in [5.74, 6) is -0.325. The van der Waals surface area contributed by atoms with Crippen molar-refractivity contribution in [3.8, 4) is 5.75 Å². The molecule has 0 N–H and O–H groups in total. The summed E-state index contributed by atoms with van der Waals surface area (Å²) in [5, 5.41) is 0.108. The van der Waals surface area contributed by atoms with Gasteiger partial charge in [0.15, 0.2) is 11.5 Å². The molecule has 1 unspecified atom stereocenters. The Kier molecular flexibility index (Phi) is 6.35. The van der Waals surface area contributed by atoms with Gasteiger partial charge in [-0.05, 0) is 43.7 Å². The Morgan fingerprint density at radius 1 is 1.23 bits per heavy atom. The molecule has 0 aliphatic heterocycles. The third kappa shape index (κ3) is 4.21. The number of rotatable bonds is 7. The lowest BCUT2D eigenvalue weighted by Crippen LogP contribution is -2.30. The molecule has 1 aromatic carbocycles. The summed E-state index contributed by atoms with van der Waals surface area (Å²) in [6.07, 6.45) is 1.87. The fourth-order valence-electron chi connectivity index (χ4n) is 3.58. The zero-order valence-electron chi connectivity index (χ0n) is 15.3. The van der Waals surface area contributed by atoms with Crippen LogP contribution in [0, 0.1) is 11.3 Å². The molecule has 142 valence electrons. The number of halogens is 2. The first-order valence-corrected chi connectivity index (χ1v) is 9.23. The maximum absolute atomic E-state index is 13.2. The van der Waals surface area contributed by atoms with Crippen LogP contribution < -0.4 is 4.89 Å².